The SMILES string of the molecule is C#CC(C)(O)CCl. The molecule has 0 bridgehead atoms. The van der Waals surface area contributed by atoms with Crippen molar-refractivity contribution in [1.82, 2.24) is 0 Å². The van der Waals surface area contributed by atoms with Crippen LogP contribution in [-0.2, 0) is 0 Å². The molecule has 0 saturated heterocycles. The average molecular weight is 119 g/mol. The predicted molar refractivity (Wildman–Crippen MR) is 30.2 cm³/mol. The highest BCUT2D eigenvalue weighted by molar-refractivity contribution is 6.18. The zero-order chi connectivity index (χ0) is 5.91. The third-order valence-corrected chi connectivity index (χ3v) is 1.09. The molecule has 0 radical (unpaired) electrons. The first-order valence-electron chi connectivity index (χ1n) is 1.88. The Morgan fingerprint density at radius 1 is 2.00 bits per heavy atom. The zero-order valence-corrected chi connectivity index (χ0v) is 4.87. The van der Waals surface area contributed by atoms with Crippen LogP contribution < -0.4 is 0 Å². The van der Waals surface area contributed by atoms with E-state index >= 15 is 0 Å². The van der Waals surface area contributed by atoms with Crippen LogP contribution in [0.15, 0.2) is 0 Å². The highest BCUT2D eigenvalue weighted by atomic mass is 35.5. The quantitative estimate of drug-likeness (QED) is 0.395. The molecule has 0 heterocycles. The lowest BCUT2D eigenvalue weighted by Gasteiger charge is -2.08. The van der Waals surface area contributed by atoms with Gasteiger partial charge in [-0.25, -0.2) is 0 Å². The minimum atomic E-state index is -1.12. The first-order valence-corrected chi connectivity index (χ1v) is 2.42. The molecule has 1 nitrogen and oxygen atoms in total. The lowest BCUT2D eigenvalue weighted by atomic mass is 10.2. The monoisotopic (exact) mass is 118 g/mol. The fraction of sp³-hybridized carbons (Fsp3) is 0.600. The molecular formula is C5H7ClO. The molecule has 0 spiro atoms. The van der Waals surface area contributed by atoms with E-state index in [9.17, 15) is 0 Å². The van der Waals surface area contributed by atoms with Gasteiger partial charge >= 0.3 is 0 Å². The van der Waals surface area contributed by atoms with E-state index in [1.165, 1.54) is 6.92 Å². The van der Waals surface area contributed by atoms with Gasteiger partial charge < -0.3 is 5.11 Å². The normalized spacial score (nSPS) is 17.4. The maximum atomic E-state index is 8.76. The molecule has 0 aliphatic heterocycles. The van der Waals surface area contributed by atoms with Gasteiger partial charge in [0, 0.05) is 0 Å². The zero-order valence-electron chi connectivity index (χ0n) is 4.11. The molecule has 7 heavy (non-hydrogen) atoms. The van der Waals surface area contributed by atoms with Gasteiger partial charge in [0.2, 0.25) is 0 Å². The molecule has 0 aromatic carbocycles. The van der Waals surface area contributed by atoms with E-state index < -0.39 is 5.60 Å². The van der Waals surface area contributed by atoms with Crippen LogP contribution in [0.2, 0.25) is 0 Å². The molecule has 2 heteroatoms. The Balaban J connectivity index is 3.66. The van der Waals surface area contributed by atoms with Crippen molar-refractivity contribution in [3.63, 3.8) is 0 Å². The number of halogens is 1. The summed E-state index contributed by atoms with van der Waals surface area (Å²) in [6.07, 6.45) is 4.83. The fourth-order valence-electron chi connectivity index (χ4n) is 0.0386. The standard InChI is InChI=1S/C5H7ClO/c1-3-5(2,7)4-6/h1,7H,4H2,2H3. The topological polar surface area (TPSA) is 20.2 Å². The summed E-state index contributed by atoms with van der Waals surface area (Å²) < 4.78 is 0. The van der Waals surface area contributed by atoms with Crippen LogP contribution in [0.25, 0.3) is 0 Å². The highest BCUT2D eigenvalue weighted by Crippen LogP contribution is 2.01. The molecule has 0 aromatic heterocycles. The summed E-state index contributed by atoms with van der Waals surface area (Å²) in [6.45, 7) is 1.49. The summed E-state index contributed by atoms with van der Waals surface area (Å²) in [6, 6.07) is 0. The smallest absolute Gasteiger partial charge is 0.135 e. The number of hydrogen-bond acceptors (Lipinski definition) is 1. The van der Waals surface area contributed by atoms with Crippen LogP contribution >= 0.6 is 11.6 Å². The van der Waals surface area contributed by atoms with E-state index in [0.29, 0.717) is 0 Å². The number of aliphatic hydroxyl groups is 1. The summed E-state index contributed by atoms with van der Waals surface area (Å²) in [5.74, 6) is 2.20. The first-order chi connectivity index (χ1) is 3.12. The van der Waals surface area contributed by atoms with Gasteiger partial charge in [-0.15, -0.1) is 18.0 Å². The number of hydrogen-bond donors (Lipinski definition) is 1. The van der Waals surface area contributed by atoms with Gasteiger partial charge in [-0.1, -0.05) is 5.92 Å². The Bertz CT molecular complexity index is 90.7. The largest absolute Gasteiger partial charge is 0.377 e. The molecule has 1 atom stereocenters. The van der Waals surface area contributed by atoms with Crippen molar-refractivity contribution < 1.29 is 5.11 Å². The van der Waals surface area contributed by atoms with Crippen molar-refractivity contribution >= 4 is 11.6 Å². The molecule has 40 valence electrons. The van der Waals surface area contributed by atoms with E-state index in [2.05, 4.69) is 5.92 Å². The average Bonchev–Trinajstić information content (AvgIpc) is 1.68. The van der Waals surface area contributed by atoms with Crippen molar-refractivity contribution in [2.75, 3.05) is 5.88 Å². The second-order valence-electron chi connectivity index (χ2n) is 1.55. The minimum Gasteiger partial charge on any atom is -0.377 e. The number of alkyl halides is 1. The van der Waals surface area contributed by atoms with Crippen molar-refractivity contribution in [1.29, 1.82) is 0 Å². The summed E-state index contributed by atoms with van der Waals surface area (Å²) in [7, 11) is 0. The molecular weight excluding hydrogens is 112 g/mol. The molecule has 0 fully saturated rings. The van der Waals surface area contributed by atoms with Crippen molar-refractivity contribution in [2.45, 2.75) is 12.5 Å². The third kappa shape index (κ3) is 2.50. The molecule has 1 N–H and O–H groups in total. The molecule has 0 aliphatic rings. The summed E-state index contributed by atoms with van der Waals surface area (Å²) in [5, 5.41) is 8.76. The van der Waals surface area contributed by atoms with Crippen LogP contribution in [-0.4, -0.2) is 16.6 Å². The Morgan fingerprint density at radius 3 is 2.43 bits per heavy atom. The maximum Gasteiger partial charge on any atom is 0.135 e. The number of terminal acetylenes is 1. The van der Waals surface area contributed by atoms with Crippen molar-refractivity contribution in [3.05, 3.63) is 0 Å². The van der Waals surface area contributed by atoms with Gasteiger partial charge in [-0.05, 0) is 6.92 Å². The first kappa shape index (κ1) is 6.81. The van der Waals surface area contributed by atoms with Crippen LogP contribution in [0.5, 0.6) is 0 Å². The summed E-state index contributed by atoms with van der Waals surface area (Å²) in [4.78, 5) is 0. The second-order valence-corrected chi connectivity index (χ2v) is 1.82. The summed E-state index contributed by atoms with van der Waals surface area (Å²) >= 11 is 5.20. The van der Waals surface area contributed by atoms with Crippen molar-refractivity contribution in [3.8, 4) is 12.3 Å². The van der Waals surface area contributed by atoms with Gasteiger partial charge in [0.15, 0.2) is 0 Å². The van der Waals surface area contributed by atoms with E-state index in [4.69, 9.17) is 23.1 Å². The van der Waals surface area contributed by atoms with Gasteiger partial charge in [0.25, 0.3) is 0 Å². The molecule has 0 aromatic rings. The van der Waals surface area contributed by atoms with Crippen molar-refractivity contribution in [2.24, 2.45) is 0 Å². The van der Waals surface area contributed by atoms with Crippen LogP contribution in [0, 0.1) is 12.3 Å². The Kier molecular flexibility index (Phi) is 2.14. The van der Waals surface area contributed by atoms with Gasteiger partial charge in [-0.2, -0.15) is 0 Å². The maximum absolute atomic E-state index is 8.76. The molecule has 1 unspecified atom stereocenters. The van der Waals surface area contributed by atoms with Gasteiger partial charge in [0.05, 0.1) is 5.88 Å². The Morgan fingerprint density at radius 2 is 2.43 bits per heavy atom. The molecule has 0 saturated carbocycles. The predicted octanol–water partition coefficient (Wildman–Crippen LogP) is 0.609. The molecule has 0 amide bonds. The van der Waals surface area contributed by atoms with Crippen LogP contribution in [0.1, 0.15) is 6.92 Å². The van der Waals surface area contributed by atoms with Gasteiger partial charge in [-0.3, -0.25) is 0 Å². The lowest BCUT2D eigenvalue weighted by molar-refractivity contribution is 0.147. The van der Waals surface area contributed by atoms with E-state index in [1.807, 2.05) is 0 Å². The second kappa shape index (κ2) is 2.20. The Hall–Kier alpha value is -0.190. The highest BCUT2D eigenvalue weighted by Gasteiger charge is 2.12. The number of rotatable bonds is 1. The Labute approximate surface area is 48.3 Å². The minimum absolute atomic E-state index is 0.0868. The third-order valence-electron chi connectivity index (χ3n) is 0.571. The van der Waals surface area contributed by atoms with E-state index in [0.717, 1.165) is 0 Å². The van der Waals surface area contributed by atoms with E-state index in [-0.39, 0.29) is 5.88 Å². The van der Waals surface area contributed by atoms with Crippen LogP contribution in [0.4, 0.5) is 0 Å². The van der Waals surface area contributed by atoms with Crippen LogP contribution in [0.3, 0.4) is 0 Å². The summed E-state index contributed by atoms with van der Waals surface area (Å²) in [5.41, 5.74) is -1.12. The van der Waals surface area contributed by atoms with Gasteiger partial charge in [0.1, 0.15) is 5.60 Å². The molecule has 0 rings (SSSR count). The molecule has 0 aliphatic carbocycles. The lowest BCUT2D eigenvalue weighted by Crippen LogP contribution is -2.22. The fourth-order valence-corrected chi connectivity index (χ4v) is 0.116. The van der Waals surface area contributed by atoms with E-state index in [1.54, 1.807) is 0 Å².